The minimum absolute atomic E-state index is 0.0869. The van der Waals surface area contributed by atoms with Gasteiger partial charge in [0, 0.05) is 4.47 Å². The summed E-state index contributed by atoms with van der Waals surface area (Å²) in [6.45, 7) is 0. The van der Waals surface area contributed by atoms with E-state index in [1.54, 1.807) is 0 Å². The molecule has 8 heteroatoms. The summed E-state index contributed by atoms with van der Waals surface area (Å²) in [5.74, 6) is -1.06. The molecule has 0 aromatic heterocycles. The molecule has 2 rings (SSSR count). The first-order valence-electron chi connectivity index (χ1n) is 4.63. The summed E-state index contributed by atoms with van der Waals surface area (Å²) in [5.41, 5.74) is 0. The van der Waals surface area contributed by atoms with Crippen molar-refractivity contribution in [3.05, 3.63) is 38.7 Å². The van der Waals surface area contributed by atoms with E-state index in [1.807, 2.05) is 0 Å². The van der Waals surface area contributed by atoms with E-state index in [1.165, 1.54) is 24.3 Å². The number of rotatable bonds is 2. The van der Waals surface area contributed by atoms with Gasteiger partial charge >= 0.3 is 5.97 Å². The van der Waals surface area contributed by atoms with Crippen LogP contribution in [0.4, 0.5) is 0 Å². The molecule has 1 N–H and O–H groups in total. The first-order valence-corrected chi connectivity index (χ1v) is 7.29. The van der Waals surface area contributed by atoms with Gasteiger partial charge < -0.3 is 9.84 Å². The third-order valence-corrected chi connectivity index (χ3v) is 5.13. The molecule has 1 aliphatic rings. The van der Waals surface area contributed by atoms with Crippen LogP contribution in [-0.2, 0) is 19.4 Å². The number of carbonyl (C=O) groups excluding carboxylic acids is 1. The van der Waals surface area contributed by atoms with Crippen LogP contribution in [0.5, 0.6) is 0 Å². The van der Waals surface area contributed by atoms with Gasteiger partial charge in [0.2, 0.25) is 16.1 Å². The van der Waals surface area contributed by atoms with Gasteiger partial charge in [-0.2, -0.15) is 0 Å². The minimum atomic E-state index is -4.06. The SMILES string of the molecule is O=C1O[C@@H](O)C(S(=O)(=O)c2ccc(Br)cc2)=C1Cl. The fourth-order valence-corrected chi connectivity index (χ4v) is 3.50. The zero-order valence-corrected chi connectivity index (χ0v) is 11.8. The molecular formula is C10H6BrClO5S. The number of aliphatic hydroxyl groups excluding tert-OH is 1. The molecule has 1 aromatic rings. The Kier molecular flexibility index (Phi) is 3.50. The van der Waals surface area contributed by atoms with E-state index in [9.17, 15) is 18.3 Å². The number of ether oxygens (including phenoxy) is 1. The molecule has 0 fully saturated rings. The average Bonchev–Trinajstić information content (AvgIpc) is 2.54. The summed E-state index contributed by atoms with van der Waals surface area (Å²) >= 11 is 8.71. The molecule has 0 radical (unpaired) electrons. The molecule has 96 valence electrons. The largest absolute Gasteiger partial charge is 0.426 e. The lowest BCUT2D eigenvalue weighted by atomic mass is 10.4. The summed E-state index contributed by atoms with van der Waals surface area (Å²) in [7, 11) is -4.06. The van der Waals surface area contributed by atoms with Gasteiger partial charge in [0.25, 0.3) is 0 Å². The molecule has 1 aromatic carbocycles. The number of cyclic esters (lactones) is 1. The number of halogens is 2. The van der Waals surface area contributed by atoms with Crippen molar-refractivity contribution in [3.63, 3.8) is 0 Å². The quantitative estimate of drug-likeness (QED) is 0.816. The fraction of sp³-hybridized carbons (Fsp3) is 0.100. The molecule has 1 heterocycles. The van der Waals surface area contributed by atoms with Crippen molar-refractivity contribution in [2.45, 2.75) is 11.2 Å². The van der Waals surface area contributed by atoms with E-state index in [0.717, 1.165) is 0 Å². The highest BCUT2D eigenvalue weighted by Crippen LogP contribution is 2.33. The standard InChI is InChI=1S/C10H6BrClO5S/c11-5-1-3-6(4-2-5)18(15,16)8-7(12)9(13)17-10(8)14/h1-4,10,14H/t10-/m1/s1. The van der Waals surface area contributed by atoms with Gasteiger partial charge in [-0.15, -0.1) is 0 Å². The van der Waals surface area contributed by atoms with Crippen molar-refractivity contribution in [3.8, 4) is 0 Å². The van der Waals surface area contributed by atoms with Crippen LogP contribution in [0, 0.1) is 0 Å². The smallest absolute Gasteiger partial charge is 0.353 e. The van der Waals surface area contributed by atoms with E-state index in [2.05, 4.69) is 20.7 Å². The van der Waals surface area contributed by atoms with Crippen LogP contribution in [-0.4, -0.2) is 25.8 Å². The van der Waals surface area contributed by atoms with E-state index in [0.29, 0.717) is 4.47 Å². The van der Waals surface area contributed by atoms with Crippen LogP contribution in [0.1, 0.15) is 0 Å². The predicted octanol–water partition coefficient (Wildman–Crippen LogP) is 1.55. The molecular weight excluding hydrogens is 348 g/mol. The molecule has 1 atom stereocenters. The molecule has 0 unspecified atom stereocenters. The highest BCUT2D eigenvalue weighted by molar-refractivity contribution is 9.10. The molecule has 5 nitrogen and oxygen atoms in total. The fourth-order valence-electron chi connectivity index (χ4n) is 1.41. The number of aliphatic hydroxyl groups is 1. The van der Waals surface area contributed by atoms with Crippen molar-refractivity contribution < 1.29 is 23.1 Å². The van der Waals surface area contributed by atoms with Crippen LogP contribution < -0.4 is 0 Å². The van der Waals surface area contributed by atoms with Gasteiger partial charge in [-0.3, -0.25) is 0 Å². The predicted molar refractivity (Wildman–Crippen MR) is 66.3 cm³/mol. The summed E-state index contributed by atoms with van der Waals surface area (Å²) in [5, 5.41) is 8.79. The zero-order chi connectivity index (χ0) is 13.5. The second-order valence-corrected chi connectivity index (χ2v) is 6.61. The molecule has 0 aliphatic carbocycles. The first kappa shape index (κ1) is 13.5. The lowest BCUT2D eigenvalue weighted by Crippen LogP contribution is -2.17. The molecule has 0 spiro atoms. The van der Waals surface area contributed by atoms with Crippen LogP contribution in [0.15, 0.2) is 43.6 Å². The number of benzene rings is 1. The highest BCUT2D eigenvalue weighted by Gasteiger charge is 2.40. The second kappa shape index (κ2) is 4.65. The first-order chi connectivity index (χ1) is 8.34. The van der Waals surface area contributed by atoms with Gasteiger partial charge in [0.05, 0.1) is 4.90 Å². The Morgan fingerprint density at radius 1 is 1.28 bits per heavy atom. The molecule has 0 amide bonds. The van der Waals surface area contributed by atoms with Gasteiger partial charge in [0.15, 0.2) is 0 Å². The number of hydrogen-bond donors (Lipinski definition) is 1. The van der Waals surface area contributed by atoms with Crippen LogP contribution in [0.25, 0.3) is 0 Å². The Morgan fingerprint density at radius 3 is 2.28 bits per heavy atom. The van der Waals surface area contributed by atoms with Crippen molar-refractivity contribution in [2.24, 2.45) is 0 Å². The number of esters is 1. The molecule has 18 heavy (non-hydrogen) atoms. The number of carbonyl (C=O) groups is 1. The lowest BCUT2D eigenvalue weighted by molar-refractivity contribution is -0.150. The maximum Gasteiger partial charge on any atom is 0.353 e. The maximum atomic E-state index is 12.2. The Bertz CT molecular complexity index is 635. The highest BCUT2D eigenvalue weighted by atomic mass is 79.9. The minimum Gasteiger partial charge on any atom is -0.426 e. The average molecular weight is 354 g/mol. The van der Waals surface area contributed by atoms with Crippen LogP contribution in [0.3, 0.4) is 0 Å². The molecule has 0 saturated heterocycles. The molecule has 0 saturated carbocycles. The summed E-state index contributed by atoms with van der Waals surface area (Å²) in [4.78, 5) is 10.4. The van der Waals surface area contributed by atoms with Crippen molar-refractivity contribution in [2.75, 3.05) is 0 Å². The Labute approximate surface area is 116 Å². The van der Waals surface area contributed by atoms with E-state index in [-0.39, 0.29) is 4.90 Å². The number of hydrogen-bond acceptors (Lipinski definition) is 5. The number of sulfone groups is 1. The zero-order valence-electron chi connectivity index (χ0n) is 8.63. The monoisotopic (exact) mass is 352 g/mol. The summed E-state index contributed by atoms with van der Waals surface area (Å²) in [6, 6.07) is 5.69. The van der Waals surface area contributed by atoms with Crippen LogP contribution in [0.2, 0.25) is 0 Å². The van der Waals surface area contributed by atoms with Crippen molar-refractivity contribution in [1.29, 1.82) is 0 Å². The normalized spacial score (nSPS) is 20.2. The lowest BCUT2D eigenvalue weighted by Gasteiger charge is -2.08. The van der Waals surface area contributed by atoms with E-state index >= 15 is 0 Å². The van der Waals surface area contributed by atoms with Gasteiger partial charge in [-0.1, -0.05) is 27.5 Å². The van der Waals surface area contributed by atoms with E-state index in [4.69, 9.17) is 11.6 Å². The molecule has 0 bridgehead atoms. The van der Waals surface area contributed by atoms with E-state index < -0.39 is 32.0 Å². The summed E-state index contributed by atoms with van der Waals surface area (Å²) < 4.78 is 29.4. The van der Waals surface area contributed by atoms with Gasteiger partial charge in [0.1, 0.15) is 9.94 Å². The summed E-state index contributed by atoms with van der Waals surface area (Å²) in [6.07, 6.45) is -1.86. The van der Waals surface area contributed by atoms with Gasteiger partial charge in [-0.25, -0.2) is 13.2 Å². The van der Waals surface area contributed by atoms with Gasteiger partial charge in [-0.05, 0) is 24.3 Å². The van der Waals surface area contributed by atoms with Crippen LogP contribution >= 0.6 is 27.5 Å². The maximum absolute atomic E-state index is 12.2. The molecule has 1 aliphatic heterocycles. The Hall–Kier alpha value is -0.890. The Balaban J connectivity index is 2.56. The van der Waals surface area contributed by atoms with Crippen molar-refractivity contribution in [1.82, 2.24) is 0 Å². The third-order valence-electron chi connectivity index (χ3n) is 2.25. The third kappa shape index (κ3) is 2.18. The van der Waals surface area contributed by atoms with Crippen molar-refractivity contribution >= 4 is 43.3 Å². The topological polar surface area (TPSA) is 80.7 Å². The Morgan fingerprint density at radius 2 is 1.83 bits per heavy atom. The second-order valence-electron chi connectivity index (χ2n) is 3.39.